The van der Waals surface area contributed by atoms with Crippen LogP contribution in [0.5, 0.6) is 0 Å². The van der Waals surface area contributed by atoms with Crippen LogP contribution in [-0.4, -0.2) is 20.9 Å². The summed E-state index contributed by atoms with van der Waals surface area (Å²) in [5.41, 5.74) is 0.279. The highest BCUT2D eigenvalue weighted by Gasteiger charge is 2.15. The van der Waals surface area contributed by atoms with Gasteiger partial charge in [0, 0.05) is 22.6 Å². The summed E-state index contributed by atoms with van der Waals surface area (Å²) in [6.45, 7) is 0. The first-order valence-electron chi connectivity index (χ1n) is 4.76. The van der Waals surface area contributed by atoms with Gasteiger partial charge >= 0.3 is 5.97 Å². The van der Waals surface area contributed by atoms with E-state index in [0.29, 0.717) is 9.37 Å². The maximum atomic E-state index is 11.2. The highest BCUT2D eigenvalue weighted by molar-refractivity contribution is 9.10. The van der Waals surface area contributed by atoms with E-state index in [-0.39, 0.29) is 5.56 Å². The van der Waals surface area contributed by atoms with Gasteiger partial charge in [0.1, 0.15) is 0 Å². The van der Waals surface area contributed by atoms with E-state index in [0.717, 1.165) is 4.90 Å². The molecule has 1 heterocycles. The van der Waals surface area contributed by atoms with Crippen LogP contribution >= 0.6 is 27.7 Å². The third-order valence-corrected chi connectivity index (χ3v) is 3.77. The molecule has 0 aliphatic carbocycles. The van der Waals surface area contributed by atoms with Gasteiger partial charge in [-0.2, -0.15) is 5.10 Å². The van der Waals surface area contributed by atoms with Crippen molar-refractivity contribution in [3.05, 3.63) is 40.6 Å². The minimum atomic E-state index is -0.941. The number of benzene rings is 1. The summed E-state index contributed by atoms with van der Waals surface area (Å²) in [6.07, 6.45) is 3.55. The molecule has 0 saturated heterocycles. The minimum Gasteiger partial charge on any atom is -0.478 e. The lowest BCUT2D eigenvalue weighted by atomic mass is 10.2. The largest absolute Gasteiger partial charge is 0.478 e. The first-order valence-corrected chi connectivity index (χ1v) is 6.37. The fourth-order valence-electron chi connectivity index (χ4n) is 1.38. The maximum absolute atomic E-state index is 11.2. The lowest BCUT2D eigenvalue weighted by Gasteiger charge is -2.05. The fraction of sp³-hybridized carbons (Fsp3) is 0.0909. The number of halogens is 1. The van der Waals surface area contributed by atoms with Gasteiger partial charge in [0.05, 0.1) is 16.7 Å². The summed E-state index contributed by atoms with van der Waals surface area (Å²) in [5.74, 6) is -0.941. The van der Waals surface area contributed by atoms with Gasteiger partial charge in [0.2, 0.25) is 0 Å². The molecule has 0 saturated carbocycles. The van der Waals surface area contributed by atoms with Crippen molar-refractivity contribution in [2.45, 2.75) is 9.79 Å². The molecule has 0 amide bonds. The van der Waals surface area contributed by atoms with Crippen LogP contribution in [-0.2, 0) is 7.05 Å². The van der Waals surface area contributed by atoms with E-state index < -0.39 is 5.97 Å². The molecule has 17 heavy (non-hydrogen) atoms. The Labute approximate surface area is 111 Å². The molecule has 2 aromatic rings. The monoisotopic (exact) mass is 312 g/mol. The van der Waals surface area contributed by atoms with Gasteiger partial charge in [-0.1, -0.05) is 17.8 Å². The Balaban J connectivity index is 2.39. The summed E-state index contributed by atoms with van der Waals surface area (Å²) < 4.78 is 2.26. The van der Waals surface area contributed by atoms with Crippen molar-refractivity contribution >= 4 is 33.7 Å². The number of aromatic nitrogens is 2. The van der Waals surface area contributed by atoms with Crippen LogP contribution in [0.4, 0.5) is 0 Å². The number of hydrogen-bond acceptors (Lipinski definition) is 3. The van der Waals surface area contributed by atoms with Crippen LogP contribution in [0.25, 0.3) is 0 Å². The molecule has 1 aromatic heterocycles. The molecule has 6 heteroatoms. The maximum Gasteiger partial charge on any atom is 0.338 e. The number of rotatable bonds is 3. The Morgan fingerprint density at radius 2 is 2.29 bits per heavy atom. The Morgan fingerprint density at radius 1 is 1.53 bits per heavy atom. The summed E-state index contributed by atoms with van der Waals surface area (Å²) in [6, 6.07) is 5.32. The molecule has 0 fully saturated rings. The first-order chi connectivity index (χ1) is 8.08. The number of aromatic carboxylic acids is 1. The smallest absolute Gasteiger partial charge is 0.338 e. The number of nitrogens with zero attached hydrogens (tertiary/aromatic N) is 2. The zero-order valence-corrected chi connectivity index (χ0v) is 11.3. The van der Waals surface area contributed by atoms with Gasteiger partial charge in [0.15, 0.2) is 0 Å². The topological polar surface area (TPSA) is 55.1 Å². The normalized spacial score (nSPS) is 10.5. The molecular weight excluding hydrogens is 304 g/mol. The van der Waals surface area contributed by atoms with Crippen LogP contribution in [0.15, 0.2) is 44.9 Å². The standard InChI is InChI=1S/C11H9BrN2O2S/c1-14-6-7(5-13-14)17-9-4-2-3-8(12)10(9)11(15)16/h2-6H,1H3,(H,15,16). The van der Waals surface area contributed by atoms with Crippen LogP contribution in [0.1, 0.15) is 10.4 Å². The van der Waals surface area contributed by atoms with Gasteiger partial charge in [-0.05, 0) is 28.1 Å². The third kappa shape index (κ3) is 2.70. The van der Waals surface area contributed by atoms with Gasteiger partial charge in [-0.3, -0.25) is 4.68 Å². The second kappa shape index (κ2) is 4.93. The van der Waals surface area contributed by atoms with Gasteiger partial charge in [0.25, 0.3) is 0 Å². The molecule has 0 aliphatic heterocycles. The fourth-order valence-corrected chi connectivity index (χ4v) is 3.05. The van der Waals surface area contributed by atoms with Crippen molar-refractivity contribution in [1.29, 1.82) is 0 Å². The van der Waals surface area contributed by atoms with E-state index in [1.807, 2.05) is 19.3 Å². The Hall–Kier alpha value is -1.27. The minimum absolute atomic E-state index is 0.279. The summed E-state index contributed by atoms with van der Waals surface area (Å²) in [5, 5.41) is 13.2. The van der Waals surface area contributed by atoms with Gasteiger partial charge in [-0.15, -0.1) is 0 Å². The molecule has 2 rings (SSSR count). The van der Waals surface area contributed by atoms with Crippen molar-refractivity contribution in [3.63, 3.8) is 0 Å². The van der Waals surface area contributed by atoms with Gasteiger partial charge in [-0.25, -0.2) is 4.79 Å². The second-order valence-electron chi connectivity index (χ2n) is 3.37. The third-order valence-electron chi connectivity index (χ3n) is 2.10. The van der Waals surface area contributed by atoms with E-state index >= 15 is 0 Å². The Morgan fingerprint density at radius 3 is 2.88 bits per heavy atom. The quantitative estimate of drug-likeness (QED) is 0.946. The van der Waals surface area contributed by atoms with E-state index in [4.69, 9.17) is 5.11 Å². The van der Waals surface area contributed by atoms with Crippen LogP contribution < -0.4 is 0 Å². The van der Waals surface area contributed by atoms with Gasteiger partial charge < -0.3 is 5.11 Å². The summed E-state index contributed by atoms with van der Waals surface area (Å²) in [7, 11) is 1.82. The average Bonchev–Trinajstić information content (AvgIpc) is 2.63. The Bertz CT molecular complexity index is 568. The second-order valence-corrected chi connectivity index (χ2v) is 5.34. The molecule has 0 unspecified atom stereocenters. The number of hydrogen-bond donors (Lipinski definition) is 1. The number of carbonyl (C=O) groups is 1. The van der Waals surface area contributed by atoms with Crippen LogP contribution in [0, 0.1) is 0 Å². The SMILES string of the molecule is Cn1cc(Sc2cccc(Br)c2C(=O)O)cn1. The molecule has 1 aromatic carbocycles. The Kier molecular flexibility index (Phi) is 3.54. The van der Waals surface area contributed by atoms with Crippen LogP contribution in [0.2, 0.25) is 0 Å². The molecule has 0 atom stereocenters. The predicted molar refractivity (Wildman–Crippen MR) is 68.4 cm³/mol. The van der Waals surface area contributed by atoms with Crippen molar-refractivity contribution in [2.24, 2.45) is 7.05 Å². The van der Waals surface area contributed by atoms with Crippen molar-refractivity contribution in [1.82, 2.24) is 9.78 Å². The molecule has 1 N–H and O–H groups in total. The summed E-state index contributed by atoms with van der Waals surface area (Å²) >= 11 is 4.63. The predicted octanol–water partition coefficient (Wildman–Crippen LogP) is 3.03. The lowest BCUT2D eigenvalue weighted by Crippen LogP contribution is -1.99. The molecule has 0 radical (unpaired) electrons. The molecule has 0 spiro atoms. The summed E-state index contributed by atoms with van der Waals surface area (Å²) in [4.78, 5) is 12.8. The average molecular weight is 313 g/mol. The number of carboxylic acids is 1. The van der Waals surface area contributed by atoms with Crippen LogP contribution in [0.3, 0.4) is 0 Å². The molecular formula is C11H9BrN2O2S. The number of aryl methyl sites for hydroxylation is 1. The van der Waals surface area contributed by atoms with E-state index in [1.54, 1.807) is 23.0 Å². The van der Waals surface area contributed by atoms with E-state index in [9.17, 15) is 4.79 Å². The van der Waals surface area contributed by atoms with E-state index in [1.165, 1.54) is 11.8 Å². The highest BCUT2D eigenvalue weighted by atomic mass is 79.9. The molecule has 4 nitrogen and oxygen atoms in total. The highest BCUT2D eigenvalue weighted by Crippen LogP contribution is 2.33. The van der Waals surface area contributed by atoms with E-state index in [2.05, 4.69) is 21.0 Å². The number of carboxylic acid groups (broad SMARTS) is 1. The zero-order chi connectivity index (χ0) is 12.4. The zero-order valence-electron chi connectivity index (χ0n) is 8.92. The first kappa shape index (κ1) is 12.2. The van der Waals surface area contributed by atoms with Crippen molar-refractivity contribution in [3.8, 4) is 0 Å². The molecule has 0 bridgehead atoms. The molecule has 0 aliphatic rings. The van der Waals surface area contributed by atoms with Crippen molar-refractivity contribution < 1.29 is 9.90 Å². The van der Waals surface area contributed by atoms with Crippen molar-refractivity contribution in [2.75, 3.05) is 0 Å². The lowest BCUT2D eigenvalue weighted by molar-refractivity contribution is 0.0692. The molecule has 88 valence electrons.